The van der Waals surface area contributed by atoms with Crippen LogP contribution in [0.15, 0.2) is 24.3 Å². The molecule has 2 rings (SSSR count). The van der Waals surface area contributed by atoms with E-state index in [-0.39, 0.29) is 12.1 Å². The summed E-state index contributed by atoms with van der Waals surface area (Å²) in [6.07, 6.45) is 3.27. The van der Waals surface area contributed by atoms with Gasteiger partial charge in [-0.3, -0.25) is 0 Å². The average molecular weight is 264 g/mol. The highest BCUT2D eigenvalue weighted by Gasteiger charge is 2.16. The van der Waals surface area contributed by atoms with Crippen molar-refractivity contribution in [3.05, 3.63) is 29.8 Å². The fourth-order valence-electron chi connectivity index (χ4n) is 2.04. The molecular formula is C15H20O4. The monoisotopic (exact) mass is 264 g/mol. The molecule has 1 unspecified atom stereocenters. The van der Waals surface area contributed by atoms with E-state index in [0.717, 1.165) is 31.6 Å². The van der Waals surface area contributed by atoms with E-state index < -0.39 is 0 Å². The van der Waals surface area contributed by atoms with Crippen LogP contribution in [0.25, 0.3) is 0 Å². The Morgan fingerprint density at radius 2 is 2.11 bits per heavy atom. The molecule has 1 aliphatic heterocycles. The van der Waals surface area contributed by atoms with Gasteiger partial charge in [0.2, 0.25) is 0 Å². The van der Waals surface area contributed by atoms with Crippen LogP contribution in [0.1, 0.15) is 36.5 Å². The van der Waals surface area contributed by atoms with Crippen molar-refractivity contribution in [3.8, 4) is 5.75 Å². The summed E-state index contributed by atoms with van der Waals surface area (Å²) in [6, 6.07) is 6.98. The molecule has 1 saturated heterocycles. The highest BCUT2D eigenvalue weighted by Crippen LogP contribution is 2.15. The zero-order valence-corrected chi connectivity index (χ0v) is 11.3. The maximum Gasteiger partial charge on any atom is 0.338 e. The lowest BCUT2D eigenvalue weighted by molar-refractivity contribution is -0.0300. The maximum atomic E-state index is 11.8. The second-order valence-electron chi connectivity index (χ2n) is 4.54. The Labute approximate surface area is 113 Å². The van der Waals surface area contributed by atoms with Crippen molar-refractivity contribution >= 4 is 5.97 Å². The molecule has 1 aromatic carbocycles. The fourth-order valence-corrected chi connectivity index (χ4v) is 2.04. The van der Waals surface area contributed by atoms with Crippen LogP contribution in [0.3, 0.4) is 0 Å². The van der Waals surface area contributed by atoms with Crippen molar-refractivity contribution in [2.75, 3.05) is 19.8 Å². The molecule has 4 heteroatoms. The molecule has 0 amide bonds. The van der Waals surface area contributed by atoms with Crippen molar-refractivity contribution in [3.63, 3.8) is 0 Å². The van der Waals surface area contributed by atoms with Gasteiger partial charge in [0.25, 0.3) is 0 Å². The van der Waals surface area contributed by atoms with E-state index >= 15 is 0 Å². The number of carbonyl (C=O) groups is 1. The van der Waals surface area contributed by atoms with Crippen LogP contribution in [-0.2, 0) is 9.47 Å². The van der Waals surface area contributed by atoms with Gasteiger partial charge in [-0.25, -0.2) is 4.79 Å². The summed E-state index contributed by atoms with van der Waals surface area (Å²) in [6.45, 7) is 3.65. The Morgan fingerprint density at radius 3 is 2.74 bits per heavy atom. The predicted molar refractivity (Wildman–Crippen MR) is 71.5 cm³/mol. The molecule has 104 valence electrons. The number of benzene rings is 1. The second kappa shape index (κ2) is 7.14. The Morgan fingerprint density at radius 1 is 1.32 bits per heavy atom. The van der Waals surface area contributed by atoms with Crippen molar-refractivity contribution in [2.45, 2.75) is 32.3 Å². The first-order chi connectivity index (χ1) is 9.29. The lowest BCUT2D eigenvalue weighted by Gasteiger charge is -2.22. The van der Waals surface area contributed by atoms with Gasteiger partial charge in [0.1, 0.15) is 12.4 Å². The van der Waals surface area contributed by atoms with Crippen LogP contribution in [0.5, 0.6) is 5.75 Å². The van der Waals surface area contributed by atoms with Gasteiger partial charge in [-0.1, -0.05) is 0 Å². The van der Waals surface area contributed by atoms with E-state index in [1.54, 1.807) is 24.3 Å². The van der Waals surface area contributed by atoms with E-state index in [2.05, 4.69) is 0 Å². The summed E-state index contributed by atoms with van der Waals surface area (Å²) in [7, 11) is 0. The highest BCUT2D eigenvalue weighted by atomic mass is 16.6. The average Bonchev–Trinajstić information content (AvgIpc) is 2.47. The lowest BCUT2D eigenvalue weighted by atomic mass is 10.1. The minimum absolute atomic E-state index is 0.0559. The number of hydrogen-bond donors (Lipinski definition) is 0. The first-order valence-electron chi connectivity index (χ1n) is 6.81. The van der Waals surface area contributed by atoms with Gasteiger partial charge in [0, 0.05) is 6.61 Å². The van der Waals surface area contributed by atoms with Crippen LogP contribution in [0, 0.1) is 0 Å². The zero-order valence-electron chi connectivity index (χ0n) is 11.3. The number of carbonyl (C=O) groups excluding carboxylic acids is 1. The topological polar surface area (TPSA) is 44.8 Å². The third kappa shape index (κ3) is 4.24. The second-order valence-corrected chi connectivity index (χ2v) is 4.54. The zero-order chi connectivity index (χ0) is 13.5. The molecule has 0 radical (unpaired) electrons. The molecule has 0 aliphatic carbocycles. The number of esters is 1. The summed E-state index contributed by atoms with van der Waals surface area (Å²) in [5, 5.41) is 0. The van der Waals surface area contributed by atoms with Gasteiger partial charge in [0.05, 0.1) is 18.3 Å². The van der Waals surface area contributed by atoms with E-state index in [1.807, 2.05) is 6.92 Å². The number of hydrogen-bond acceptors (Lipinski definition) is 4. The molecule has 0 bridgehead atoms. The van der Waals surface area contributed by atoms with Crippen molar-refractivity contribution in [1.29, 1.82) is 0 Å². The van der Waals surface area contributed by atoms with Gasteiger partial charge in [-0.15, -0.1) is 0 Å². The van der Waals surface area contributed by atoms with Gasteiger partial charge in [-0.05, 0) is 50.5 Å². The third-order valence-electron chi connectivity index (χ3n) is 3.08. The van der Waals surface area contributed by atoms with Gasteiger partial charge in [-0.2, -0.15) is 0 Å². The summed E-state index contributed by atoms with van der Waals surface area (Å²) in [5.74, 6) is 0.451. The third-order valence-corrected chi connectivity index (χ3v) is 3.08. The summed E-state index contributed by atoms with van der Waals surface area (Å²) >= 11 is 0. The van der Waals surface area contributed by atoms with E-state index in [0.29, 0.717) is 18.8 Å². The quantitative estimate of drug-likeness (QED) is 0.767. The molecule has 1 aromatic rings. The van der Waals surface area contributed by atoms with Gasteiger partial charge < -0.3 is 14.2 Å². The van der Waals surface area contributed by atoms with E-state index in [4.69, 9.17) is 14.2 Å². The maximum absolute atomic E-state index is 11.8. The number of rotatable bonds is 5. The summed E-state index contributed by atoms with van der Waals surface area (Å²) < 4.78 is 16.1. The fraction of sp³-hybridized carbons (Fsp3) is 0.533. The van der Waals surface area contributed by atoms with Crippen molar-refractivity contribution < 1.29 is 19.0 Å². The first kappa shape index (κ1) is 13.9. The molecule has 0 saturated carbocycles. The number of ether oxygens (including phenoxy) is 3. The Kier molecular flexibility index (Phi) is 5.21. The molecule has 1 aliphatic rings. The molecule has 0 spiro atoms. The standard InChI is InChI=1S/C15H20O4/c1-2-17-13-8-6-12(7-9-13)15(16)19-11-14-5-3-4-10-18-14/h6-9,14H,2-5,10-11H2,1H3. The molecule has 4 nitrogen and oxygen atoms in total. The van der Waals surface area contributed by atoms with Crippen LogP contribution in [0.4, 0.5) is 0 Å². The minimum Gasteiger partial charge on any atom is -0.494 e. The minimum atomic E-state index is -0.308. The smallest absolute Gasteiger partial charge is 0.338 e. The van der Waals surface area contributed by atoms with E-state index in [9.17, 15) is 4.79 Å². The van der Waals surface area contributed by atoms with Gasteiger partial charge >= 0.3 is 5.97 Å². The highest BCUT2D eigenvalue weighted by molar-refractivity contribution is 5.89. The molecule has 1 fully saturated rings. The van der Waals surface area contributed by atoms with E-state index in [1.165, 1.54) is 0 Å². The Bertz CT molecular complexity index is 393. The SMILES string of the molecule is CCOc1ccc(C(=O)OCC2CCCCO2)cc1. The summed E-state index contributed by atoms with van der Waals surface area (Å²) in [5.41, 5.74) is 0.541. The van der Waals surface area contributed by atoms with Crippen molar-refractivity contribution in [1.82, 2.24) is 0 Å². The van der Waals surface area contributed by atoms with Gasteiger partial charge in [0.15, 0.2) is 0 Å². The molecule has 0 aromatic heterocycles. The lowest BCUT2D eigenvalue weighted by Crippen LogP contribution is -2.25. The molecule has 1 atom stereocenters. The van der Waals surface area contributed by atoms with Crippen LogP contribution < -0.4 is 4.74 Å². The van der Waals surface area contributed by atoms with Crippen LogP contribution >= 0.6 is 0 Å². The molecule has 19 heavy (non-hydrogen) atoms. The molecular weight excluding hydrogens is 244 g/mol. The van der Waals surface area contributed by atoms with Crippen LogP contribution in [0.2, 0.25) is 0 Å². The predicted octanol–water partition coefficient (Wildman–Crippen LogP) is 2.81. The van der Waals surface area contributed by atoms with Crippen molar-refractivity contribution in [2.24, 2.45) is 0 Å². The van der Waals surface area contributed by atoms with Crippen LogP contribution in [-0.4, -0.2) is 31.9 Å². The first-order valence-corrected chi connectivity index (χ1v) is 6.81. The largest absolute Gasteiger partial charge is 0.494 e. The Hall–Kier alpha value is -1.55. The normalized spacial score (nSPS) is 18.9. The molecule has 1 heterocycles. The summed E-state index contributed by atoms with van der Waals surface area (Å²) in [4.78, 5) is 11.8. The molecule has 0 N–H and O–H groups in total. The Balaban J connectivity index is 1.81.